The second-order valence-electron chi connectivity index (χ2n) is 6.39. The molecule has 0 radical (unpaired) electrons. The number of nitrogens with zero attached hydrogens (tertiary/aromatic N) is 2. The van der Waals surface area contributed by atoms with Gasteiger partial charge in [-0.1, -0.05) is 0 Å². The molecule has 1 aromatic carbocycles. The van der Waals surface area contributed by atoms with Crippen molar-refractivity contribution in [1.82, 2.24) is 0 Å². The van der Waals surface area contributed by atoms with Crippen LogP contribution in [0.15, 0.2) is 0 Å². The number of aromatic carboxylic acids is 1. The van der Waals surface area contributed by atoms with Gasteiger partial charge in [-0.05, 0) is 81.1 Å². The van der Waals surface area contributed by atoms with E-state index in [1.807, 2.05) is 74.7 Å². The summed E-state index contributed by atoms with van der Waals surface area (Å²) in [6.45, 7) is 4.02. The molecule has 0 fully saturated rings. The van der Waals surface area contributed by atoms with Crippen LogP contribution in [0.2, 0.25) is 0 Å². The standard InChI is InChI=1S/C19H23I3N2O7/c1-4-31-9-8-24(11(26)6-5-7-12(27)28)18-15(21)13(19(29)30)14(20)17(16(18)22)23(3)10(2)25/h4-9H2,1-3H3,(H,27,28)(H,29,30). The number of hydrogen-bond donors (Lipinski definition) is 2. The number of anilines is 2. The van der Waals surface area contributed by atoms with Gasteiger partial charge < -0.3 is 24.7 Å². The summed E-state index contributed by atoms with van der Waals surface area (Å²) in [7, 11) is 1.55. The van der Waals surface area contributed by atoms with Gasteiger partial charge in [0.05, 0.1) is 34.3 Å². The first-order valence-corrected chi connectivity index (χ1v) is 12.5. The topological polar surface area (TPSA) is 124 Å². The first kappa shape index (κ1) is 28.3. The minimum atomic E-state index is -1.17. The SMILES string of the molecule is CCOCCN(C(=O)CCCC(=O)O)c1c(I)c(C(=O)O)c(I)c(N(C)C(C)=O)c1I. The van der Waals surface area contributed by atoms with E-state index in [4.69, 9.17) is 9.84 Å². The molecule has 9 nitrogen and oxygen atoms in total. The molecule has 1 rings (SSSR count). The molecule has 2 N–H and O–H groups in total. The first-order valence-electron chi connectivity index (χ1n) is 9.23. The molecule has 0 saturated heterocycles. The van der Waals surface area contributed by atoms with Crippen molar-refractivity contribution in [2.45, 2.75) is 33.1 Å². The van der Waals surface area contributed by atoms with Crippen LogP contribution in [0.1, 0.15) is 43.5 Å². The highest BCUT2D eigenvalue weighted by atomic mass is 127. The van der Waals surface area contributed by atoms with E-state index in [2.05, 4.69) is 0 Å². The Morgan fingerprint density at radius 1 is 0.968 bits per heavy atom. The van der Waals surface area contributed by atoms with Crippen molar-refractivity contribution in [3.8, 4) is 0 Å². The number of carboxylic acids is 2. The van der Waals surface area contributed by atoms with Gasteiger partial charge in [-0.2, -0.15) is 0 Å². The highest BCUT2D eigenvalue weighted by Crippen LogP contribution is 2.42. The fourth-order valence-electron chi connectivity index (χ4n) is 2.70. The number of rotatable bonds is 11. The van der Waals surface area contributed by atoms with Gasteiger partial charge in [-0.3, -0.25) is 14.4 Å². The van der Waals surface area contributed by atoms with Crippen molar-refractivity contribution >= 4 is 103 Å². The van der Waals surface area contributed by atoms with Crippen LogP contribution in [0.4, 0.5) is 11.4 Å². The van der Waals surface area contributed by atoms with Gasteiger partial charge in [0.1, 0.15) is 0 Å². The molecule has 2 amide bonds. The highest BCUT2D eigenvalue weighted by molar-refractivity contribution is 14.1. The molecule has 0 aliphatic heterocycles. The summed E-state index contributed by atoms with van der Waals surface area (Å²) in [5, 5.41) is 18.7. The Kier molecular flexibility index (Phi) is 11.9. The Morgan fingerprint density at radius 2 is 1.55 bits per heavy atom. The molecule has 0 spiro atoms. The van der Waals surface area contributed by atoms with Crippen molar-refractivity contribution in [3.63, 3.8) is 0 Å². The second kappa shape index (κ2) is 13.1. The normalized spacial score (nSPS) is 10.6. The molecular formula is C19H23I3N2O7. The third-order valence-corrected chi connectivity index (χ3v) is 7.43. The average Bonchev–Trinajstić information content (AvgIpc) is 2.65. The summed E-state index contributed by atoms with van der Waals surface area (Å²) in [6, 6.07) is 0. The lowest BCUT2D eigenvalue weighted by atomic mass is 10.1. The zero-order chi connectivity index (χ0) is 23.9. The van der Waals surface area contributed by atoms with Gasteiger partial charge in [0.25, 0.3) is 0 Å². The van der Waals surface area contributed by atoms with Crippen molar-refractivity contribution in [1.29, 1.82) is 0 Å². The van der Waals surface area contributed by atoms with Crippen LogP contribution in [-0.4, -0.2) is 60.8 Å². The van der Waals surface area contributed by atoms with Crippen LogP contribution < -0.4 is 9.80 Å². The molecule has 0 bridgehead atoms. The number of amides is 2. The summed E-state index contributed by atoms with van der Waals surface area (Å²) in [5.74, 6) is -2.79. The van der Waals surface area contributed by atoms with Gasteiger partial charge in [0.15, 0.2) is 0 Å². The molecule has 172 valence electrons. The van der Waals surface area contributed by atoms with Gasteiger partial charge in [-0.25, -0.2) is 4.79 Å². The summed E-state index contributed by atoms with van der Waals surface area (Å²) >= 11 is 5.81. The molecule has 0 saturated carbocycles. The maximum atomic E-state index is 13.0. The van der Waals surface area contributed by atoms with E-state index in [-0.39, 0.29) is 49.8 Å². The molecule has 0 heterocycles. The van der Waals surface area contributed by atoms with Crippen LogP contribution in [-0.2, 0) is 19.1 Å². The molecule has 0 unspecified atom stereocenters. The minimum absolute atomic E-state index is 0.000498. The number of halogens is 3. The van der Waals surface area contributed by atoms with E-state index in [1.165, 1.54) is 16.7 Å². The third kappa shape index (κ3) is 7.38. The molecule has 31 heavy (non-hydrogen) atoms. The zero-order valence-corrected chi connectivity index (χ0v) is 23.7. The van der Waals surface area contributed by atoms with Crippen LogP contribution in [0, 0.1) is 10.7 Å². The van der Waals surface area contributed by atoms with Gasteiger partial charge in [-0.15, -0.1) is 0 Å². The van der Waals surface area contributed by atoms with Crippen molar-refractivity contribution in [2.24, 2.45) is 0 Å². The van der Waals surface area contributed by atoms with Gasteiger partial charge in [0.2, 0.25) is 11.8 Å². The summed E-state index contributed by atoms with van der Waals surface area (Å²) in [5.41, 5.74) is 0.780. The Labute approximate surface area is 221 Å². The van der Waals surface area contributed by atoms with E-state index in [1.54, 1.807) is 7.05 Å². The maximum Gasteiger partial charge on any atom is 0.338 e. The van der Waals surface area contributed by atoms with E-state index >= 15 is 0 Å². The summed E-state index contributed by atoms with van der Waals surface area (Å²) in [6.07, 6.45) is -0.00963. The van der Waals surface area contributed by atoms with Crippen LogP contribution in [0.25, 0.3) is 0 Å². The van der Waals surface area contributed by atoms with E-state index in [9.17, 15) is 24.3 Å². The van der Waals surface area contributed by atoms with E-state index in [0.29, 0.717) is 28.7 Å². The van der Waals surface area contributed by atoms with E-state index in [0.717, 1.165) is 0 Å². The largest absolute Gasteiger partial charge is 0.481 e. The Balaban J connectivity index is 3.67. The number of carbonyl (C=O) groups excluding carboxylic acids is 2. The predicted octanol–water partition coefficient (Wildman–Crippen LogP) is 3.81. The lowest BCUT2D eigenvalue weighted by Gasteiger charge is -2.30. The Hall–Kier alpha value is -0.750. The summed E-state index contributed by atoms with van der Waals surface area (Å²) in [4.78, 5) is 50.8. The molecule has 12 heteroatoms. The van der Waals surface area contributed by atoms with Crippen molar-refractivity contribution < 1.29 is 34.1 Å². The van der Waals surface area contributed by atoms with Crippen molar-refractivity contribution in [2.75, 3.05) is 36.6 Å². The molecule has 0 aliphatic carbocycles. The molecular weight excluding hydrogens is 749 g/mol. The maximum absolute atomic E-state index is 13.0. The smallest absolute Gasteiger partial charge is 0.338 e. The molecule has 0 atom stereocenters. The van der Waals surface area contributed by atoms with Crippen molar-refractivity contribution in [3.05, 3.63) is 16.3 Å². The lowest BCUT2D eigenvalue weighted by Crippen LogP contribution is -2.37. The number of ether oxygens (including phenoxy) is 1. The average molecular weight is 772 g/mol. The van der Waals surface area contributed by atoms with Gasteiger partial charge >= 0.3 is 11.9 Å². The zero-order valence-electron chi connectivity index (χ0n) is 17.2. The van der Waals surface area contributed by atoms with Crippen LogP contribution in [0.5, 0.6) is 0 Å². The Bertz CT molecular complexity index is 877. The molecule has 1 aromatic rings. The minimum Gasteiger partial charge on any atom is -0.481 e. The van der Waals surface area contributed by atoms with Gasteiger partial charge in [0, 0.05) is 40.0 Å². The van der Waals surface area contributed by atoms with E-state index < -0.39 is 11.9 Å². The van der Waals surface area contributed by atoms with Crippen LogP contribution in [0.3, 0.4) is 0 Å². The monoisotopic (exact) mass is 772 g/mol. The fraction of sp³-hybridized carbons (Fsp3) is 0.474. The molecule has 0 aliphatic rings. The predicted molar refractivity (Wildman–Crippen MR) is 141 cm³/mol. The number of hydrogen-bond acceptors (Lipinski definition) is 5. The van der Waals surface area contributed by atoms with Crippen LogP contribution >= 0.6 is 67.8 Å². The third-order valence-electron chi connectivity index (χ3n) is 4.31. The molecule has 0 aromatic heterocycles. The fourth-order valence-corrected chi connectivity index (χ4v) is 7.64. The number of carboxylic acid groups (broad SMARTS) is 2. The second-order valence-corrected chi connectivity index (χ2v) is 9.62. The quantitative estimate of drug-likeness (QED) is 0.259. The lowest BCUT2D eigenvalue weighted by molar-refractivity contribution is -0.137. The highest BCUT2D eigenvalue weighted by Gasteiger charge is 2.31. The number of aliphatic carboxylic acids is 1. The number of benzene rings is 1. The first-order chi connectivity index (χ1) is 14.4. The summed E-state index contributed by atoms with van der Waals surface area (Å²) < 4.78 is 6.71. The number of carbonyl (C=O) groups is 4. The Morgan fingerprint density at radius 3 is 2.03 bits per heavy atom.